The molecule has 6 heteroatoms. The van der Waals surface area contributed by atoms with Gasteiger partial charge in [-0.1, -0.05) is 91.0 Å². The van der Waals surface area contributed by atoms with E-state index in [4.69, 9.17) is 18.9 Å². The van der Waals surface area contributed by atoms with Crippen molar-refractivity contribution in [2.45, 2.75) is 12.3 Å². The van der Waals surface area contributed by atoms with Gasteiger partial charge in [-0.2, -0.15) is 0 Å². The third kappa shape index (κ3) is 6.07. The van der Waals surface area contributed by atoms with Crippen LogP contribution < -0.4 is 9.47 Å². The van der Waals surface area contributed by atoms with Gasteiger partial charge < -0.3 is 18.9 Å². The van der Waals surface area contributed by atoms with E-state index in [2.05, 4.69) is 72.8 Å². The number of carbonyl (C=O) groups excluding carboxylic acids is 2. The number of carbonyl (C=O) groups is 2. The zero-order valence-electron chi connectivity index (χ0n) is 27.5. The van der Waals surface area contributed by atoms with Crippen molar-refractivity contribution in [1.29, 1.82) is 0 Å². The Morgan fingerprint density at radius 2 is 1.04 bits per heavy atom. The number of hydrogen-bond donors (Lipinski definition) is 0. The molecule has 0 fully saturated rings. The molecule has 6 nitrogen and oxygen atoms in total. The zero-order valence-corrected chi connectivity index (χ0v) is 27.5. The van der Waals surface area contributed by atoms with Crippen LogP contribution in [0.4, 0.5) is 0 Å². The molecule has 0 saturated carbocycles. The largest absolute Gasteiger partial charge is 0.491 e. The molecule has 0 aliphatic heterocycles. The highest BCUT2D eigenvalue weighted by Crippen LogP contribution is 2.56. The SMILES string of the molecule is COCCOc1ccc(C2(c3ccc(OCCOC(=O)c4ccc5cc(C(C)=O)ccc5c4)cc3)c3ccccc3-c3ccccc32)cc1. The van der Waals surface area contributed by atoms with Crippen LogP contribution in [0, 0.1) is 0 Å². The third-order valence-corrected chi connectivity index (χ3v) is 9.15. The van der Waals surface area contributed by atoms with E-state index < -0.39 is 11.4 Å². The molecule has 1 aliphatic carbocycles. The summed E-state index contributed by atoms with van der Waals surface area (Å²) in [4.78, 5) is 24.5. The Bertz CT molecular complexity index is 2090. The van der Waals surface area contributed by atoms with E-state index in [0.29, 0.717) is 30.1 Å². The van der Waals surface area contributed by atoms with E-state index in [9.17, 15) is 9.59 Å². The summed E-state index contributed by atoms with van der Waals surface area (Å²) in [6, 6.07) is 44.5. The Morgan fingerprint density at radius 1 is 0.551 bits per heavy atom. The summed E-state index contributed by atoms with van der Waals surface area (Å²) in [5.74, 6) is 1.06. The third-order valence-electron chi connectivity index (χ3n) is 9.15. The van der Waals surface area contributed by atoms with Crippen LogP contribution in [0.15, 0.2) is 133 Å². The molecule has 1 aliphatic rings. The lowest BCUT2D eigenvalue weighted by Crippen LogP contribution is -2.28. The van der Waals surface area contributed by atoms with Crippen LogP contribution in [-0.4, -0.2) is 45.3 Å². The maximum Gasteiger partial charge on any atom is 0.338 e. The summed E-state index contributed by atoms with van der Waals surface area (Å²) in [6.07, 6.45) is 0. The van der Waals surface area contributed by atoms with Crippen LogP contribution in [0.3, 0.4) is 0 Å². The van der Waals surface area contributed by atoms with Crippen LogP contribution >= 0.6 is 0 Å². The van der Waals surface area contributed by atoms with Gasteiger partial charge in [0.1, 0.15) is 31.3 Å². The molecule has 0 aromatic heterocycles. The van der Waals surface area contributed by atoms with Crippen LogP contribution in [0.1, 0.15) is 49.9 Å². The molecule has 0 bridgehead atoms. The zero-order chi connectivity index (χ0) is 33.8. The molecule has 0 N–H and O–H groups in total. The van der Waals surface area contributed by atoms with E-state index in [1.165, 1.54) is 29.2 Å². The molecule has 0 amide bonds. The number of ketones is 1. The fourth-order valence-electron chi connectivity index (χ4n) is 6.84. The van der Waals surface area contributed by atoms with E-state index >= 15 is 0 Å². The van der Waals surface area contributed by atoms with Crippen LogP contribution in [0.5, 0.6) is 11.5 Å². The first-order valence-corrected chi connectivity index (χ1v) is 16.4. The molecule has 0 atom stereocenters. The highest BCUT2D eigenvalue weighted by molar-refractivity contribution is 6.00. The minimum absolute atomic E-state index is 0.00334. The molecule has 49 heavy (non-hydrogen) atoms. The number of fused-ring (bicyclic) bond motifs is 4. The first kappa shape index (κ1) is 31.9. The summed E-state index contributed by atoms with van der Waals surface area (Å²) in [5.41, 5.74) is 7.67. The lowest BCUT2D eigenvalue weighted by Gasteiger charge is -2.34. The fourth-order valence-corrected chi connectivity index (χ4v) is 6.84. The lowest BCUT2D eigenvalue weighted by atomic mass is 9.68. The maximum absolute atomic E-state index is 12.8. The standard InChI is InChI=1S/C43H36O6/c1-29(44)30-11-12-32-28-33(14-13-31(32)27-30)42(45)49-26-25-48-37-21-17-35(18-22-37)43(34-15-19-36(20-16-34)47-24-23-46-2)40-9-5-3-7-38(40)39-8-4-6-10-41(39)43/h3-22,27-28H,23-26H2,1-2H3. The van der Waals surface area contributed by atoms with Crippen LogP contribution in [0.2, 0.25) is 0 Å². The molecule has 0 spiro atoms. The number of hydrogen-bond acceptors (Lipinski definition) is 6. The Morgan fingerprint density at radius 3 is 1.57 bits per heavy atom. The molecular formula is C43H36O6. The van der Waals surface area contributed by atoms with E-state index in [-0.39, 0.29) is 19.0 Å². The smallest absolute Gasteiger partial charge is 0.338 e. The van der Waals surface area contributed by atoms with Gasteiger partial charge in [0, 0.05) is 12.7 Å². The molecule has 244 valence electrons. The second-order valence-electron chi connectivity index (χ2n) is 12.0. The Hall–Kier alpha value is -5.72. The minimum Gasteiger partial charge on any atom is -0.491 e. The molecule has 0 radical (unpaired) electrons. The van der Waals surface area contributed by atoms with Crippen molar-refractivity contribution in [3.63, 3.8) is 0 Å². The topological polar surface area (TPSA) is 71.1 Å². The summed E-state index contributed by atoms with van der Waals surface area (Å²) in [7, 11) is 1.66. The molecule has 0 heterocycles. The predicted molar refractivity (Wildman–Crippen MR) is 191 cm³/mol. The Labute approximate surface area is 285 Å². The van der Waals surface area contributed by atoms with Crippen molar-refractivity contribution in [3.8, 4) is 22.6 Å². The van der Waals surface area contributed by atoms with Gasteiger partial charge in [0.15, 0.2) is 5.78 Å². The first-order chi connectivity index (χ1) is 24.0. The monoisotopic (exact) mass is 648 g/mol. The Balaban J connectivity index is 1.09. The predicted octanol–water partition coefficient (Wildman–Crippen LogP) is 8.67. The molecule has 6 aromatic rings. The van der Waals surface area contributed by atoms with Crippen LogP contribution in [-0.2, 0) is 14.9 Å². The van der Waals surface area contributed by atoms with E-state index in [1.807, 2.05) is 42.5 Å². The first-order valence-electron chi connectivity index (χ1n) is 16.4. The second kappa shape index (κ2) is 13.8. The molecule has 6 aromatic carbocycles. The highest BCUT2D eigenvalue weighted by Gasteiger charge is 2.45. The number of benzene rings is 6. The van der Waals surface area contributed by atoms with Gasteiger partial charge in [-0.25, -0.2) is 4.79 Å². The average Bonchev–Trinajstić information content (AvgIpc) is 3.44. The van der Waals surface area contributed by atoms with Crippen molar-refractivity contribution in [2.75, 3.05) is 33.5 Å². The van der Waals surface area contributed by atoms with Gasteiger partial charge in [0.2, 0.25) is 0 Å². The van der Waals surface area contributed by atoms with Gasteiger partial charge >= 0.3 is 5.97 Å². The maximum atomic E-state index is 12.8. The summed E-state index contributed by atoms with van der Waals surface area (Å²) in [5, 5.41) is 1.76. The normalized spacial score (nSPS) is 12.6. The van der Waals surface area contributed by atoms with Gasteiger partial charge in [0.25, 0.3) is 0 Å². The van der Waals surface area contributed by atoms with Crippen molar-refractivity contribution in [3.05, 3.63) is 167 Å². The summed E-state index contributed by atoms with van der Waals surface area (Å²) < 4.78 is 22.6. The highest BCUT2D eigenvalue weighted by atomic mass is 16.6. The van der Waals surface area contributed by atoms with Gasteiger partial charge in [-0.3, -0.25) is 4.79 Å². The number of esters is 1. The second-order valence-corrected chi connectivity index (χ2v) is 12.0. The summed E-state index contributed by atoms with van der Waals surface area (Å²) in [6.45, 7) is 2.86. The van der Waals surface area contributed by atoms with Gasteiger partial charge in [0.05, 0.1) is 17.6 Å². The van der Waals surface area contributed by atoms with Crippen molar-refractivity contribution in [2.24, 2.45) is 0 Å². The average molecular weight is 649 g/mol. The van der Waals surface area contributed by atoms with Gasteiger partial charge in [-0.15, -0.1) is 0 Å². The minimum atomic E-state index is -0.542. The molecule has 0 unspecified atom stereocenters. The number of ether oxygens (including phenoxy) is 4. The van der Waals surface area contributed by atoms with Crippen molar-refractivity contribution in [1.82, 2.24) is 0 Å². The van der Waals surface area contributed by atoms with Crippen LogP contribution in [0.25, 0.3) is 21.9 Å². The fraction of sp³-hybridized carbons (Fsp3) is 0.163. The molecular weight excluding hydrogens is 612 g/mol. The number of rotatable bonds is 12. The lowest BCUT2D eigenvalue weighted by molar-refractivity contribution is 0.0450. The summed E-state index contributed by atoms with van der Waals surface area (Å²) >= 11 is 0. The van der Waals surface area contributed by atoms with Gasteiger partial charge in [-0.05, 0) is 93.5 Å². The van der Waals surface area contributed by atoms with E-state index in [1.54, 1.807) is 25.3 Å². The Kier molecular flexibility index (Phi) is 8.97. The number of Topliss-reactive ketones (excluding diaryl/α,β-unsaturated/α-hetero) is 1. The molecule has 0 saturated heterocycles. The molecule has 7 rings (SSSR count). The quantitative estimate of drug-likeness (QED) is 0.0750. The van der Waals surface area contributed by atoms with Crippen molar-refractivity contribution < 1.29 is 28.5 Å². The number of methoxy groups -OCH3 is 1. The van der Waals surface area contributed by atoms with E-state index in [0.717, 1.165) is 27.6 Å². The van der Waals surface area contributed by atoms with Crippen molar-refractivity contribution >= 4 is 22.5 Å².